The Labute approximate surface area is 154 Å². The summed E-state index contributed by atoms with van der Waals surface area (Å²) in [4.78, 5) is 19.1. The normalized spacial score (nSPS) is 16.2. The molecule has 0 spiro atoms. The Balaban J connectivity index is 1.61. The summed E-state index contributed by atoms with van der Waals surface area (Å²) >= 11 is 0. The van der Waals surface area contributed by atoms with Gasteiger partial charge in [0.2, 0.25) is 0 Å². The fraction of sp³-hybridized carbons (Fsp3) is 0.526. The molecule has 1 aliphatic rings. The maximum Gasteiger partial charge on any atom is 0.320 e. The Kier molecular flexibility index (Phi) is 6.60. The van der Waals surface area contributed by atoms with Crippen LogP contribution < -0.4 is 10.6 Å². The van der Waals surface area contributed by atoms with Gasteiger partial charge in [-0.1, -0.05) is 19.4 Å². The standard InChI is InChI=1S/C19H28N6O/c1-2-11-25-18(8-10-22-25)23-19(26)21-15-17(16-7-6-9-20-14-16)24-12-4-3-5-13-24/h6-10,14,17H,2-5,11-13,15H2,1H3,(H2,21,23,26)/t17-/m0/s1. The van der Waals surface area contributed by atoms with Crippen LogP contribution in [0.5, 0.6) is 0 Å². The third-order valence-electron chi connectivity index (χ3n) is 4.75. The molecule has 3 heterocycles. The number of hydrogen-bond acceptors (Lipinski definition) is 4. The molecule has 26 heavy (non-hydrogen) atoms. The van der Waals surface area contributed by atoms with E-state index in [2.05, 4.69) is 38.6 Å². The zero-order valence-corrected chi connectivity index (χ0v) is 15.4. The highest BCUT2D eigenvalue weighted by Crippen LogP contribution is 2.23. The molecule has 0 bridgehead atoms. The highest BCUT2D eigenvalue weighted by atomic mass is 16.2. The monoisotopic (exact) mass is 356 g/mol. The van der Waals surface area contributed by atoms with Crippen molar-refractivity contribution in [1.82, 2.24) is 25.0 Å². The predicted molar refractivity (Wildman–Crippen MR) is 102 cm³/mol. The Hall–Kier alpha value is -2.41. The number of aromatic nitrogens is 3. The van der Waals surface area contributed by atoms with Crippen LogP contribution in [0.3, 0.4) is 0 Å². The number of likely N-dealkylation sites (tertiary alicyclic amines) is 1. The van der Waals surface area contributed by atoms with Crippen LogP contribution in [-0.4, -0.2) is 45.3 Å². The Morgan fingerprint density at radius 2 is 2.08 bits per heavy atom. The highest BCUT2D eigenvalue weighted by Gasteiger charge is 2.23. The van der Waals surface area contributed by atoms with Gasteiger partial charge in [-0.2, -0.15) is 5.10 Å². The van der Waals surface area contributed by atoms with E-state index >= 15 is 0 Å². The van der Waals surface area contributed by atoms with Crippen LogP contribution in [0, 0.1) is 0 Å². The van der Waals surface area contributed by atoms with Crippen LogP contribution in [0.4, 0.5) is 10.6 Å². The van der Waals surface area contributed by atoms with E-state index in [-0.39, 0.29) is 12.1 Å². The van der Waals surface area contributed by atoms with Crippen LogP contribution >= 0.6 is 0 Å². The summed E-state index contributed by atoms with van der Waals surface area (Å²) in [5.41, 5.74) is 1.14. The van der Waals surface area contributed by atoms with Crippen molar-refractivity contribution in [2.45, 2.75) is 45.2 Å². The zero-order valence-electron chi connectivity index (χ0n) is 15.4. The largest absolute Gasteiger partial charge is 0.336 e. The lowest BCUT2D eigenvalue weighted by molar-refractivity contribution is 0.161. The summed E-state index contributed by atoms with van der Waals surface area (Å²) in [6.45, 7) is 5.55. The van der Waals surface area contributed by atoms with Gasteiger partial charge < -0.3 is 5.32 Å². The van der Waals surface area contributed by atoms with E-state index in [1.54, 1.807) is 12.4 Å². The van der Waals surface area contributed by atoms with Crippen molar-refractivity contribution in [3.05, 3.63) is 42.4 Å². The van der Waals surface area contributed by atoms with Crippen molar-refractivity contribution in [1.29, 1.82) is 0 Å². The number of carbonyl (C=O) groups is 1. The fourth-order valence-corrected chi connectivity index (χ4v) is 3.44. The first kappa shape index (κ1) is 18.4. The average molecular weight is 356 g/mol. The SMILES string of the molecule is CCCn1nccc1NC(=O)NC[C@@H](c1cccnc1)N1CCCCC1. The smallest absolute Gasteiger partial charge is 0.320 e. The molecule has 1 aliphatic heterocycles. The summed E-state index contributed by atoms with van der Waals surface area (Å²) in [5, 5.41) is 10.2. The first-order valence-corrected chi connectivity index (χ1v) is 9.48. The molecule has 2 aromatic rings. The number of hydrogen-bond donors (Lipinski definition) is 2. The van der Waals surface area contributed by atoms with Crippen molar-refractivity contribution in [3.63, 3.8) is 0 Å². The zero-order chi connectivity index (χ0) is 18.2. The Morgan fingerprint density at radius 3 is 2.81 bits per heavy atom. The molecule has 2 N–H and O–H groups in total. The molecule has 2 aromatic heterocycles. The van der Waals surface area contributed by atoms with Crippen molar-refractivity contribution < 1.29 is 4.79 Å². The van der Waals surface area contributed by atoms with Gasteiger partial charge in [0.05, 0.1) is 12.2 Å². The number of aryl methyl sites for hydroxylation is 1. The number of rotatable bonds is 7. The predicted octanol–water partition coefficient (Wildman–Crippen LogP) is 3.04. The van der Waals surface area contributed by atoms with Gasteiger partial charge in [-0.15, -0.1) is 0 Å². The second kappa shape index (κ2) is 9.33. The minimum atomic E-state index is -0.200. The summed E-state index contributed by atoms with van der Waals surface area (Å²) < 4.78 is 1.81. The molecule has 1 atom stereocenters. The number of amides is 2. The van der Waals surface area contributed by atoms with Gasteiger partial charge in [0.1, 0.15) is 5.82 Å². The number of carbonyl (C=O) groups excluding carboxylic acids is 1. The maximum atomic E-state index is 12.4. The van der Waals surface area contributed by atoms with E-state index in [1.165, 1.54) is 19.3 Å². The van der Waals surface area contributed by atoms with E-state index in [0.717, 1.165) is 37.4 Å². The summed E-state index contributed by atoms with van der Waals surface area (Å²) in [6.07, 6.45) is 10.1. The minimum Gasteiger partial charge on any atom is -0.336 e. The van der Waals surface area contributed by atoms with Gasteiger partial charge in [-0.05, 0) is 44.0 Å². The van der Waals surface area contributed by atoms with Gasteiger partial charge in [-0.3, -0.25) is 15.2 Å². The number of urea groups is 1. The third-order valence-corrected chi connectivity index (χ3v) is 4.75. The van der Waals surface area contributed by atoms with Gasteiger partial charge in [-0.25, -0.2) is 9.48 Å². The number of nitrogens with one attached hydrogen (secondary N) is 2. The van der Waals surface area contributed by atoms with E-state index in [4.69, 9.17) is 0 Å². The first-order chi connectivity index (χ1) is 12.8. The molecule has 3 rings (SSSR count). The lowest BCUT2D eigenvalue weighted by Crippen LogP contribution is -2.42. The summed E-state index contributed by atoms with van der Waals surface area (Å²) in [5.74, 6) is 0.722. The first-order valence-electron chi connectivity index (χ1n) is 9.48. The molecule has 1 fully saturated rings. The number of pyridine rings is 1. The van der Waals surface area contributed by atoms with Crippen molar-refractivity contribution in [3.8, 4) is 0 Å². The molecule has 2 amide bonds. The summed E-state index contributed by atoms with van der Waals surface area (Å²) in [7, 11) is 0. The van der Waals surface area contributed by atoms with Crippen molar-refractivity contribution in [2.75, 3.05) is 25.0 Å². The molecular formula is C19H28N6O. The maximum absolute atomic E-state index is 12.4. The van der Waals surface area contributed by atoms with Gasteiger partial charge in [0.15, 0.2) is 0 Å². The van der Waals surface area contributed by atoms with E-state index < -0.39 is 0 Å². The van der Waals surface area contributed by atoms with Gasteiger partial charge in [0.25, 0.3) is 0 Å². The average Bonchev–Trinajstić information content (AvgIpc) is 3.11. The van der Waals surface area contributed by atoms with Crippen LogP contribution in [0.25, 0.3) is 0 Å². The second-order valence-electron chi connectivity index (χ2n) is 6.67. The molecule has 140 valence electrons. The van der Waals surface area contributed by atoms with Crippen molar-refractivity contribution >= 4 is 11.8 Å². The number of piperidine rings is 1. The quantitative estimate of drug-likeness (QED) is 0.800. The Morgan fingerprint density at radius 1 is 1.23 bits per heavy atom. The molecule has 0 aromatic carbocycles. The second-order valence-corrected chi connectivity index (χ2v) is 6.67. The molecule has 0 saturated carbocycles. The fourth-order valence-electron chi connectivity index (χ4n) is 3.44. The Bertz CT molecular complexity index is 680. The lowest BCUT2D eigenvalue weighted by Gasteiger charge is -2.34. The minimum absolute atomic E-state index is 0.148. The van der Waals surface area contributed by atoms with Gasteiger partial charge in [0, 0.05) is 31.5 Å². The van der Waals surface area contributed by atoms with Crippen LogP contribution in [-0.2, 0) is 6.54 Å². The van der Waals surface area contributed by atoms with Crippen molar-refractivity contribution in [2.24, 2.45) is 0 Å². The molecular weight excluding hydrogens is 328 g/mol. The van der Waals surface area contributed by atoms with Crippen LogP contribution in [0.1, 0.15) is 44.2 Å². The number of nitrogens with zero attached hydrogens (tertiary/aromatic N) is 4. The highest BCUT2D eigenvalue weighted by molar-refractivity contribution is 5.88. The lowest BCUT2D eigenvalue weighted by atomic mass is 10.0. The number of anilines is 1. The topological polar surface area (TPSA) is 75.1 Å². The third kappa shape index (κ3) is 4.82. The van der Waals surface area contributed by atoms with Crippen LogP contribution in [0.2, 0.25) is 0 Å². The van der Waals surface area contributed by atoms with Crippen LogP contribution in [0.15, 0.2) is 36.8 Å². The van der Waals surface area contributed by atoms with E-state index in [9.17, 15) is 4.79 Å². The molecule has 7 heteroatoms. The molecule has 0 aliphatic carbocycles. The molecule has 0 unspecified atom stereocenters. The molecule has 1 saturated heterocycles. The van der Waals surface area contributed by atoms with E-state index in [0.29, 0.717) is 6.54 Å². The molecule has 0 radical (unpaired) electrons. The van der Waals surface area contributed by atoms with E-state index in [1.807, 2.05) is 23.0 Å². The van der Waals surface area contributed by atoms with Gasteiger partial charge >= 0.3 is 6.03 Å². The summed E-state index contributed by atoms with van der Waals surface area (Å²) in [6, 6.07) is 5.81. The molecule has 7 nitrogen and oxygen atoms in total.